The number of rotatable bonds is 5. The first kappa shape index (κ1) is 16.0. The molecular formula is C19H19N5O2. The van der Waals surface area contributed by atoms with E-state index < -0.39 is 0 Å². The van der Waals surface area contributed by atoms with Crippen LogP contribution in [0.15, 0.2) is 53.6 Å². The molecule has 0 unspecified atom stereocenters. The Morgan fingerprint density at radius 2 is 2.00 bits per heavy atom. The Labute approximate surface area is 150 Å². The third kappa shape index (κ3) is 2.63. The van der Waals surface area contributed by atoms with Crippen LogP contribution in [-0.4, -0.2) is 21.6 Å². The van der Waals surface area contributed by atoms with E-state index in [9.17, 15) is 0 Å². The van der Waals surface area contributed by atoms with Gasteiger partial charge in [0.2, 0.25) is 0 Å². The molecule has 3 heterocycles. The van der Waals surface area contributed by atoms with Crippen LogP contribution >= 0.6 is 0 Å². The van der Waals surface area contributed by atoms with Crippen LogP contribution in [0.25, 0.3) is 22.4 Å². The van der Waals surface area contributed by atoms with E-state index in [0.717, 1.165) is 46.1 Å². The van der Waals surface area contributed by atoms with E-state index >= 15 is 0 Å². The van der Waals surface area contributed by atoms with Gasteiger partial charge in [-0.1, -0.05) is 0 Å². The number of methoxy groups -OCH3 is 1. The molecule has 1 aromatic carbocycles. The zero-order valence-electron chi connectivity index (χ0n) is 14.6. The second-order valence-electron chi connectivity index (χ2n) is 5.83. The van der Waals surface area contributed by atoms with Crippen LogP contribution < -0.4 is 15.8 Å². The number of nitrogens with two attached hydrogens (primary N) is 1. The minimum Gasteiger partial charge on any atom is -0.497 e. The summed E-state index contributed by atoms with van der Waals surface area (Å²) in [6.07, 6.45) is 6.68. The molecule has 4 rings (SSSR count). The van der Waals surface area contributed by atoms with E-state index in [1.165, 1.54) is 6.26 Å². The number of fused-ring (bicyclic) bond motifs is 1. The third-order valence-corrected chi connectivity index (χ3v) is 4.27. The van der Waals surface area contributed by atoms with Gasteiger partial charge in [0.05, 0.1) is 42.0 Å². The van der Waals surface area contributed by atoms with Crippen LogP contribution in [0.4, 0.5) is 17.1 Å². The van der Waals surface area contributed by atoms with Crippen molar-refractivity contribution in [2.45, 2.75) is 13.5 Å². The Morgan fingerprint density at radius 3 is 2.65 bits per heavy atom. The Morgan fingerprint density at radius 1 is 1.19 bits per heavy atom. The molecule has 3 aromatic heterocycles. The molecule has 0 bridgehead atoms. The van der Waals surface area contributed by atoms with Gasteiger partial charge in [-0.15, -0.1) is 0 Å². The maximum Gasteiger partial charge on any atom is 0.146 e. The molecule has 7 heteroatoms. The maximum atomic E-state index is 6.02. The van der Waals surface area contributed by atoms with E-state index in [0.29, 0.717) is 5.69 Å². The molecule has 132 valence electrons. The van der Waals surface area contributed by atoms with Gasteiger partial charge in [-0.25, -0.2) is 4.98 Å². The van der Waals surface area contributed by atoms with Gasteiger partial charge in [0, 0.05) is 12.2 Å². The first-order valence-corrected chi connectivity index (χ1v) is 8.28. The molecule has 0 atom stereocenters. The summed E-state index contributed by atoms with van der Waals surface area (Å²) in [6, 6.07) is 7.73. The number of nitrogen functional groups attached to an aromatic ring is 1. The second kappa shape index (κ2) is 6.44. The highest BCUT2D eigenvalue weighted by atomic mass is 16.5. The zero-order valence-corrected chi connectivity index (χ0v) is 14.6. The van der Waals surface area contributed by atoms with Crippen LogP contribution in [0, 0.1) is 0 Å². The van der Waals surface area contributed by atoms with Crippen molar-refractivity contribution in [1.29, 1.82) is 0 Å². The Bertz CT molecular complexity index is 1050. The van der Waals surface area contributed by atoms with Crippen molar-refractivity contribution in [3.63, 3.8) is 0 Å². The maximum absolute atomic E-state index is 6.02. The fourth-order valence-electron chi connectivity index (χ4n) is 3.01. The quantitative estimate of drug-likeness (QED) is 0.565. The van der Waals surface area contributed by atoms with Gasteiger partial charge in [0.1, 0.15) is 29.6 Å². The Kier molecular flexibility index (Phi) is 3.96. The van der Waals surface area contributed by atoms with E-state index in [2.05, 4.69) is 21.8 Å². The minimum absolute atomic E-state index is 0.563. The zero-order chi connectivity index (χ0) is 18.1. The summed E-state index contributed by atoms with van der Waals surface area (Å²) < 4.78 is 12.5. The van der Waals surface area contributed by atoms with E-state index in [-0.39, 0.29) is 0 Å². The SMILES string of the molecule is CCn1c(-c2cocc2N)nc2cncc(Nc3ccc(OC)cc3)c21. The molecule has 0 aliphatic carbocycles. The number of nitrogens with one attached hydrogen (secondary N) is 1. The molecule has 0 aliphatic heterocycles. The summed E-state index contributed by atoms with van der Waals surface area (Å²) in [5.41, 5.74) is 10.9. The first-order chi connectivity index (χ1) is 12.7. The number of pyridine rings is 1. The van der Waals surface area contributed by atoms with E-state index in [1.807, 2.05) is 24.3 Å². The standard InChI is InChI=1S/C19H19N5O2/c1-3-24-18-16(22-12-4-6-13(25-2)7-5-12)8-21-9-17(18)23-19(24)14-10-26-11-15(14)20/h4-11,22H,3,20H2,1-2H3. The number of furan rings is 1. The van der Waals surface area contributed by atoms with Crippen molar-refractivity contribution in [3.8, 4) is 17.1 Å². The number of benzene rings is 1. The number of anilines is 3. The lowest BCUT2D eigenvalue weighted by molar-refractivity contribution is 0.415. The van der Waals surface area contributed by atoms with Gasteiger partial charge in [-0.05, 0) is 31.2 Å². The van der Waals surface area contributed by atoms with Crippen LogP contribution in [0.2, 0.25) is 0 Å². The lowest BCUT2D eigenvalue weighted by Crippen LogP contribution is -2.01. The third-order valence-electron chi connectivity index (χ3n) is 4.27. The van der Waals surface area contributed by atoms with Crippen molar-refractivity contribution in [3.05, 3.63) is 49.2 Å². The van der Waals surface area contributed by atoms with Crippen LogP contribution in [-0.2, 0) is 6.54 Å². The Hall–Kier alpha value is -3.48. The van der Waals surface area contributed by atoms with Gasteiger partial charge < -0.3 is 24.8 Å². The molecule has 7 nitrogen and oxygen atoms in total. The average Bonchev–Trinajstić information content (AvgIpc) is 3.25. The van der Waals surface area contributed by atoms with E-state index in [1.54, 1.807) is 25.8 Å². The number of hydrogen-bond donors (Lipinski definition) is 2. The summed E-state index contributed by atoms with van der Waals surface area (Å²) in [7, 11) is 1.65. The fraction of sp³-hybridized carbons (Fsp3) is 0.158. The van der Waals surface area contributed by atoms with Gasteiger partial charge in [0.25, 0.3) is 0 Å². The molecule has 0 spiro atoms. The predicted octanol–water partition coefficient (Wildman–Crippen LogP) is 4.05. The summed E-state index contributed by atoms with van der Waals surface area (Å²) in [6.45, 7) is 2.80. The number of aromatic nitrogens is 3. The molecule has 3 N–H and O–H groups in total. The lowest BCUT2D eigenvalue weighted by atomic mass is 10.2. The summed E-state index contributed by atoms with van der Waals surface area (Å²) in [5, 5.41) is 3.41. The van der Waals surface area contributed by atoms with E-state index in [4.69, 9.17) is 19.9 Å². The number of imidazole rings is 1. The number of nitrogens with zero attached hydrogens (tertiary/aromatic N) is 3. The van der Waals surface area contributed by atoms with Gasteiger partial charge >= 0.3 is 0 Å². The van der Waals surface area contributed by atoms with Crippen molar-refractivity contribution < 1.29 is 9.15 Å². The molecule has 0 radical (unpaired) electrons. The van der Waals surface area contributed by atoms with Crippen LogP contribution in [0.5, 0.6) is 5.75 Å². The van der Waals surface area contributed by atoms with Crippen LogP contribution in [0.3, 0.4) is 0 Å². The predicted molar refractivity (Wildman–Crippen MR) is 102 cm³/mol. The number of aryl methyl sites for hydroxylation is 1. The highest BCUT2D eigenvalue weighted by Crippen LogP contribution is 2.33. The van der Waals surface area contributed by atoms with Crippen LogP contribution in [0.1, 0.15) is 6.92 Å². The highest BCUT2D eigenvalue weighted by molar-refractivity contribution is 5.93. The lowest BCUT2D eigenvalue weighted by Gasteiger charge is -2.11. The monoisotopic (exact) mass is 349 g/mol. The number of hydrogen-bond acceptors (Lipinski definition) is 6. The molecule has 0 fully saturated rings. The molecule has 4 aromatic rings. The summed E-state index contributed by atoms with van der Waals surface area (Å²) in [4.78, 5) is 9.03. The topological polar surface area (TPSA) is 91.1 Å². The number of ether oxygens (including phenoxy) is 1. The molecule has 0 amide bonds. The van der Waals surface area contributed by atoms with Gasteiger partial charge in [-0.3, -0.25) is 4.98 Å². The normalized spacial score (nSPS) is 11.0. The van der Waals surface area contributed by atoms with Gasteiger partial charge in [-0.2, -0.15) is 0 Å². The molecule has 0 aliphatic rings. The van der Waals surface area contributed by atoms with Gasteiger partial charge in [0.15, 0.2) is 0 Å². The summed E-state index contributed by atoms with van der Waals surface area (Å²) in [5.74, 6) is 1.57. The fourth-order valence-corrected chi connectivity index (χ4v) is 3.01. The second-order valence-corrected chi connectivity index (χ2v) is 5.83. The molecule has 0 saturated heterocycles. The first-order valence-electron chi connectivity index (χ1n) is 8.28. The minimum atomic E-state index is 0.563. The molecular weight excluding hydrogens is 330 g/mol. The van der Waals surface area contributed by atoms with Crippen molar-refractivity contribution in [2.24, 2.45) is 0 Å². The smallest absolute Gasteiger partial charge is 0.146 e. The van der Waals surface area contributed by atoms with Crippen molar-refractivity contribution in [1.82, 2.24) is 14.5 Å². The van der Waals surface area contributed by atoms with Crippen molar-refractivity contribution in [2.75, 3.05) is 18.2 Å². The Balaban J connectivity index is 1.82. The van der Waals surface area contributed by atoms with Crippen molar-refractivity contribution >= 4 is 28.1 Å². The largest absolute Gasteiger partial charge is 0.497 e. The highest BCUT2D eigenvalue weighted by Gasteiger charge is 2.18. The molecule has 26 heavy (non-hydrogen) atoms. The molecule has 0 saturated carbocycles. The summed E-state index contributed by atoms with van der Waals surface area (Å²) >= 11 is 0. The average molecular weight is 349 g/mol.